The lowest BCUT2D eigenvalue weighted by Gasteiger charge is -2.26. The Hall–Kier alpha value is -0.0900. The molecule has 0 atom stereocenters. The van der Waals surface area contributed by atoms with Gasteiger partial charge in [-0.2, -0.15) is 0 Å². The number of rotatable bonds is 6. The van der Waals surface area contributed by atoms with E-state index in [1.807, 2.05) is 0 Å². The largest absolute Gasteiger partial charge is 0.330 e. The van der Waals surface area contributed by atoms with Crippen LogP contribution in [-0.4, -0.2) is 26.5 Å². The van der Waals surface area contributed by atoms with Crippen LogP contribution < -0.4 is 5.73 Å². The van der Waals surface area contributed by atoms with Crippen molar-refractivity contribution in [3.8, 4) is 0 Å². The van der Waals surface area contributed by atoms with E-state index in [0.717, 1.165) is 19.4 Å². The maximum Gasteiger partial charge on any atom is 0.150 e. The molecule has 3 nitrogen and oxygen atoms in total. The summed E-state index contributed by atoms with van der Waals surface area (Å²) in [7, 11) is -2.79. The molecule has 1 aliphatic carbocycles. The second kappa shape index (κ2) is 5.30. The quantitative estimate of drug-likeness (QED) is 0.760. The van der Waals surface area contributed by atoms with Crippen molar-refractivity contribution < 1.29 is 8.42 Å². The van der Waals surface area contributed by atoms with Gasteiger partial charge in [-0.05, 0) is 37.6 Å². The summed E-state index contributed by atoms with van der Waals surface area (Å²) in [5, 5.41) is 0. The van der Waals surface area contributed by atoms with Gasteiger partial charge >= 0.3 is 0 Å². The van der Waals surface area contributed by atoms with E-state index in [0.29, 0.717) is 5.75 Å². The van der Waals surface area contributed by atoms with E-state index < -0.39 is 9.84 Å². The highest BCUT2D eigenvalue weighted by atomic mass is 32.2. The lowest BCUT2D eigenvalue weighted by atomic mass is 9.82. The fourth-order valence-electron chi connectivity index (χ4n) is 2.49. The normalized spacial score (nSPS) is 20.7. The molecular weight excluding hydrogens is 210 g/mol. The average Bonchev–Trinajstić information content (AvgIpc) is 2.67. The monoisotopic (exact) mass is 233 g/mol. The molecular formula is C11H23NO2S. The Labute approximate surface area is 93.3 Å². The molecule has 1 rings (SSSR count). The van der Waals surface area contributed by atoms with E-state index in [1.54, 1.807) is 6.92 Å². The molecule has 90 valence electrons. The maximum atomic E-state index is 11.3. The third-order valence-electron chi connectivity index (χ3n) is 3.70. The molecule has 1 aliphatic rings. The maximum absolute atomic E-state index is 11.3. The average molecular weight is 233 g/mol. The van der Waals surface area contributed by atoms with Crippen molar-refractivity contribution in [1.82, 2.24) is 0 Å². The summed E-state index contributed by atoms with van der Waals surface area (Å²) in [6, 6.07) is 0. The highest BCUT2D eigenvalue weighted by molar-refractivity contribution is 7.91. The second-order valence-electron chi connectivity index (χ2n) is 4.75. The van der Waals surface area contributed by atoms with E-state index in [2.05, 4.69) is 0 Å². The third-order valence-corrected chi connectivity index (χ3v) is 5.49. The molecule has 0 amide bonds. The van der Waals surface area contributed by atoms with E-state index in [-0.39, 0.29) is 11.2 Å². The number of hydrogen-bond donors (Lipinski definition) is 1. The molecule has 0 aromatic carbocycles. The van der Waals surface area contributed by atoms with Gasteiger partial charge in [0.15, 0.2) is 0 Å². The predicted molar refractivity (Wildman–Crippen MR) is 63.5 cm³/mol. The first-order chi connectivity index (χ1) is 7.04. The molecule has 1 fully saturated rings. The standard InChI is InChI=1S/C11H23NO2S/c1-2-15(13,14)9-5-8-11(10-12)6-3-4-7-11/h2-10,12H2,1H3. The number of hydrogen-bond acceptors (Lipinski definition) is 3. The van der Waals surface area contributed by atoms with Crippen LogP contribution in [0.15, 0.2) is 0 Å². The zero-order valence-electron chi connectivity index (χ0n) is 9.67. The minimum atomic E-state index is -2.79. The molecule has 0 aliphatic heterocycles. The van der Waals surface area contributed by atoms with E-state index in [4.69, 9.17) is 5.73 Å². The summed E-state index contributed by atoms with van der Waals surface area (Å²) in [5.41, 5.74) is 6.07. The summed E-state index contributed by atoms with van der Waals surface area (Å²) in [4.78, 5) is 0. The molecule has 0 aromatic rings. The van der Waals surface area contributed by atoms with Crippen molar-refractivity contribution in [2.24, 2.45) is 11.1 Å². The number of nitrogens with two attached hydrogens (primary N) is 1. The van der Waals surface area contributed by atoms with Crippen LogP contribution in [0.25, 0.3) is 0 Å². The first-order valence-electron chi connectivity index (χ1n) is 5.94. The van der Waals surface area contributed by atoms with Gasteiger partial charge in [0.25, 0.3) is 0 Å². The van der Waals surface area contributed by atoms with Crippen LogP contribution in [0.3, 0.4) is 0 Å². The van der Waals surface area contributed by atoms with Gasteiger partial charge in [-0.3, -0.25) is 0 Å². The van der Waals surface area contributed by atoms with Crippen molar-refractivity contribution in [3.63, 3.8) is 0 Å². The van der Waals surface area contributed by atoms with Gasteiger partial charge in [0.2, 0.25) is 0 Å². The highest BCUT2D eigenvalue weighted by Gasteiger charge is 2.31. The van der Waals surface area contributed by atoms with Crippen LogP contribution in [0.5, 0.6) is 0 Å². The Morgan fingerprint density at radius 1 is 1.27 bits per heavy atom. The molecule has 0 radical (unpaired) electrons. The lowest BCUT2D eigenvalue weighted by Crippen LogP contribution is -2.28. The molecule has 1 saturated carbocycles. The summed E-state index contributed by atoms with van der Waals surface area (Å²) >= 11 is 0. The SMILES string of the molecule is CCS(=O)(=O)CCCC1(CN)CCCC1. The Kier molecular flexibility index (Phi) is 4.59. The Morgan fingerprint density at radius 2 is 1.87 bits per heavy atom. The number of sulfone groups is 1. The Balaban J connectivity index is 2.36. The van der Waals surface area contributed by atoms with E-state index in [9.17, 15) is 8.42 Å². The Bertz CT molecular complexity index is 279. The van der Waals surface area contributed by atoms with Gasteiger partial charge in [0.1, 0.15) is 9.84 Å². The lowest BCUT2D eigenvalue weighted by molar-refractivity contribution is 0.280. The van der Waals surface area contributed by atoms with Crippen molar-refractivity contribution in [2.75, 3.05) is 18.1 Å². The van der Waals surface area contributed by atoms with Crippen LogP contribution in [0.4, 0.5) is 0 Å². The van der Waals surface area contributed by atoms with E-state index in [1.165, 1.54) is 25.7 Å². The minimum absolute atomic E-state index is 0.266. The summed E-state index contributed by atoms with van der Waals surface area (Å²) in [6.07, 6.45) is 6.68. The van der Waals surface area contributed by atoms with Crippen molar-refractivity contribution in [1.29, 1.82) is 0 Å². The third kappa shape index (κ3) is 3.76. The molecule has 0 aromatic heterocycles. The smallest absolute Gasteiger partial charge is 0.150 e. The topological polar surface area (TPSA) is 60.2 Å². The molecule has 4 heteroatoms. The first kappa shape index (κ1) is 13.0. The molecule has 2 N–H and O–H groups in total. The van der Waals surface area contributed by atoms with Crippen LogP contribution in [0, 0.1) is 5.41 Å². The molecule has 0 bridgehead atoms. The predicted octanol–water partition coefficient (Wildman–Crippen LogP) is 1.72. The van der Waals surface area contributed by atoms with E-state index >= 15 is 0 Å². The van der Waals surface area contributed by atoms with Gasteiger partial charge in [-0.25, -0.2) is 8.42 Å². The first-order valence-corrected chi connectivity index (χ1v) is 7.76. The molecule has 0 heterocycles. The van der Waals surface area contributed by atoms with Crippen LogP contribution >= 0.6 is 0 Å². The van der Waals surface area contributed by atoms with Crippen LogP contribution in [0.1, 0.15) is 45.4 Å². The zero-order valence-corrected chi connectivity index (χ0v) is 10.5. The van der Waals surface area contributed by atoms with Gasteiger partial charge in [-0.1, -0.05) is 19.8 Å². The van der Waals surface area contributed by atoms with Gasteiger partial charge in [-0.15, -0.1) is 0 Å². The van der Waals surface area contributed by atoms with Crippen molar-refractivity contribution in [3.05, 3.63) is 0 Å². The Morgan fingerprint density at radius 3 is 2.33 bits per heavy atom. The van der Waals surface area contributed by atoms with Crippen molar-refractivity contribution >= 4 is 9.84 Å². The van der Waals surface area contributed by atoms with Crippen molar-refractivity contribution in [2.45, 2.75) is 45.4 Å². The minimum Gasteiger partial charge on any atom is -0.330 e. The summed E-state index contributed by atoms with van der Waals surface area (Å²) < 4.78 is 22.7. The summed E-state index contributed by atoms with van der Waals surface area (Å²) in [5.74, 6) is 0.605. The van der Waals surface area contributed by atoms with Gasteiger partial charge < -0.3 is 5.73 Å². The van der Waals surface area contributed by atoms with Gasteiger partial charge in [0, 0.05) is 5.75 Å². The van der Waals surface area contributed by atoms with Crippen LogP contribution in [-0.2, 0) is 9.84 Å². The fourth-order valence-corrected chi connectivity index (χ4v) is 3.37. The molecule has 15 heavy (non-hydrogen) atoms. The second-order valence-corrected chi connectivity index (χ2v) is 7.22. The molecule has 0 spiro atoms. The van der Waals surface area contributed by atoms with Crippen LogP contribution in [0.2, 0.25) is 0 Å². The fraction of sp³-hybridized carbons (Fsp3) is 1.00. The summed E-state index contributed by atoms with van der Waals surface area (Å²) in [6.45, 7) is 2.43. The van der Waals surface area contributed by atoms with Gasteiger partial charge in [0.05, 0.1) is 5.75 Å². The molecule has 0 unspecified atom stereocenters. The zero-order chi connectivity index (χ0) is 11.4. The molecule has 0 saturated heterocycles. The highest BCUT2D eigenvalue weighted by Crippen LogP contribution is 2.40.